The van der Waals surface area contributed by atoms with Crippen LogP contribution in [0.4, 0.5) is 4.39 Å². The summed E-state index contributed by atoms with van der Waals surface area (Å²) in [5.41, 5.74) is 11.6. The lowest BCUT2D eigenvalue weighted by molar-refractivity contribution is 0.0997. The average molecular weight is 413 g/mol. The first-order valence-corrected chi connectivity index (χ1v) is 10.3. The van der Waals surface area contributed by atoms with Crippen molar-refractivity contribution < 1.29 is 9.18 Å². The van der Waals surface area contributed by atoms with Gasteiger partial charge in [0.15, 0.2) is 5.78 Å². The highest BCUT2D eigenvalue weighted by Gasteiger charge is 2.15. The molecular weight excluding hydrogens is 389 g/mol. The summed E-state index contributed by atoms with van der Waals surface area (Å²) >= 11 is 0. The zero-order valence-electron chi connectivity index (χ0n) is 17.6. The third-order valence-electron chi connectivity index (χ3n) is 5.54. The molecule has 0 saturated heterocycles. The Morgan fingerprint density at radius 1 is 1.06 bits per heavy atom. The average Bonchev–Trinajstić information content (AvgIpc) is 2.79. The number of nitrogens with two attached hydrogens (primary N) is 1. The van der Waals surface area contributed by atoms with Gasteiger partial charge in [0.25, 0.3) is 0 Å². The molecule has 4 aromatic rings. The number of aromatic nitrogens is 2. The van der Waals surface area contributed by atoms with Crippen LogP contribution in [0.2, 0.25) is 0 Å². The summed E-state index contributed by atoms with van der Waals surface area (Å²) in [6, 6.07) is 18.3. The smallest absolute Gasteiger partial charge is 0.194 e. The van der Waals surface area contributed by atoms with Gasteiger partial charge in [-0.05, 0) is 71.8 Å². The predicted octanol–water partition coefficient (Wildman–Crippen LogP) is 5.23. The quantitative estimate of drug-likeness (QED) is 0.439. The van der Waals surface area contributed by atoms with E-state index in [-0.39, 0.29) is 24.1 Å². The van der Waals surface area contributed by atoms with Crippen LogP contribution in [0.25, 0.3) is 22.0 Å². The first-order chi connectivity index (χ1) is 14.9. The lowest BCUT2D eigenvalue weighted by atomic mass is 9.91. The fourth-order valence-corrected chi connectivity index (χ4v) is 3.76. The van der Waals surface area contributed by atoms with Crippen LogP contribution in [-0.4, -0.2) is 22.3 Å². The maximum atomic E-state index is 13.4. The highest BCUT2D eigenvalue weighted by Crippen LogP contribution is 2.31. The first kappa shape index (κ1) is 20.8. The van der Waals surface area contributed by atoms with E-state index in [9.17, 15) is 9.18 Å². The van der Waals surface area contributed by atoms with E-state index in [4.69, 9.17) is 5.73 Å². The van der Waals surface area contributed by atoms with E-state index >= 15 is 0 Å². The third kappa shape index (κ3) is 4.52. The molecule has 4 rings (SSSR count). The fourth-order valence-electron chi connectivity index (χ4n) is 3.76. The third-order valence-corrected chi connectivity index (χ3v) is 5.54. The Kier molecular flexibility index (Phi) is 5.87. The van der Waals surface area contributed by atoms with Gasteiger partial charge in [-0.2, -0.15) is 0 Å². The summed E-state index contributed by atoms with van der Waals surface area (Å²) in [7, 11) is 0. The Morgan fingerprint density at radius 3 is 2.52 bits per heavy atom. The number of carbonyl (C=O) groups is 1. The van der Waals surface area contributed by atoms with E-state index in [1.54, 1.807) is 18.2 Å². The van der Waals surface area contributed by atoms with Crippen molar-refractivity contribution in [3.63, 3.8) is 0 Å². The van der Waals surface area contributed by atoms with Crippen molar-refractivity contribution in [2.24, 2.45) is 5.73 Å². The number of ketones is 1. The molecule has 0 radical (unpaired) electrons. The summed E-state index contributed by atoms with van der Waals surface area (Å²) in [4.78, 5) is 21.3. The zero-order chi connectivity index (χ0) is 22.0. The Hall–Kier alpha value is -3.44. The van der Waals surface area contributed by atoms with Gasteiger partial charge in [0.1, 0.15) is 11.5 Å². The number of aryl methyl sites for hydroxylation is 1. The molecule has 0 aliphatic heterocycles. The van der Waals surface area contributed by atoms with Crippen molar-refractivity contribution in [2.45, 2.75) is 26.2 Å². The largest absolute Gasteiger partial charge is 0.324 e. The Morgan fingerprint density at radius 2 is 1.84 bits per heavy atom. The number of nitrogens with zero attached hydrogens (tertiary/aromatic N) is 2. The van der Waals surface area contributed by atoms with Crippen LogP contribution >= 0.6 is 0 Å². The second-order valence-corrected chi connectivity index (χ2v) is 7.88. The molecule has 4 nitrogen and oxygen atoms in total. The minimum atomic E-state index is -0.304. The number of hydrogen-bond donors (Lipinski definition) is 1. The number of benzene rings is 2. The van der Waals surface area contributed by atoms with E-state index in [1.165, 1.54) is 17.7 Å². The number of halogens is 1. The molecule has 0 aliphatic carbocycles. The number of Topliss-reactive ketones (excluding diaryl/α,β-unsaturated/α-hetero) is 1. The fraction of sp³-hybridized carbons (Fsp3) is 0.192. The topological polar surface area (TPSA) is 68.9 Å². The van der Waals surface area contributed by atoms with Gasteiger partial charge in [-0.3, -0.25) is 9.78 Å². The van der Waals surface area contributed by atoms with Gasteiger partial charge in [0, 0.05) is 17.3 Å². The molecule has 0 bridgehead atoms. The summed E-state index contributed by atoms with van der Waals surface area (Å²) in [5, 5.41) is 0.910. The molecule has 156 valence electrons. The molecule has 0 spiro atoms. The SMILES string of the molecule is Cc1ccc(CC(C)c2ccc3c(-c4ccc(F)cc4)cc(C(=O)CN)nc3c2)cn1. The summed E-state index contributed by atoms with van der Waals surface area (Å²) in [5.74, 6) is -0.282. The van der Waals surface area contributed by atoms with Crippen LogP contribution in [0, 0.1) is 12.7 Å². The first-order valence-electron chi connectivity index (χ1n) is 10.3. The Balaban J connectivity index is 1.77. The standard InChI is InChI=1S/C26H24FN3O/c1-16(11-18-4-3-17(2)29-15-18)20-7-10-22-23(19-5-8-21(27)9-6-19)13-25(26(31)14-28)30-24(22)12-20/h3-10,12-13,15-16H,11,14,28H2,1-2H3. The van der Waals surface area contributed by atoms with Gasteiger partial charge in [-0.1, -0.05) is 37.3 Å². The van der Waals surface area contributed by atoms with E-state index in [1.807, 2.05) is 31.3 Å². The van der Waals surface area contributed by atoms with Gasteiger partial charge in [0.05, 0.1) is 12.1 Å². The van der Waals surface area contributed by atoms with E-state index in [0.29, 0.717) is 5.69 Å². The zero-order valence-corrected chi connectivity index (χ0v) is 17.6. The van der Waals surface area contributed by atoms with Gasteiger partial charge in [-0.15, -0.1) is 0 Å². The number of hydrogen-bond acceptors (Lipinski definition) is 4. The number of carbonyl (C=O) groups excluding carboxylic acids is 1. The molecule has 2 N–H and O–H groups in total. The molecular formula is C26H24FN3O. The van der Waals surface area contributed by atoms with E-state index in [0.717, 1.165) is 39.7 Å². The van der Waals surface area contributed by atoms with Gasteiger partial charge in [-0.25, -0.2) is 9.37 Å². The highest BCUT2D eigenvalue weighted by atomic mass is 19.1. The van der Waals surface area contributed by atoms with Crippen LogP contribution in [-0.2, 0) is 6.42 Å². The van der Waals surface area contributed by atoms with Gasteiger partial charge < -0.3 is 5.73 Å². The van der Waals surface area contributed by atoms with Crippen molar-refractivity contribution in [3.05, 3.63) is 95.2 Å². The summed E-state index contributed by atoms with van der Waals surface area (Å²) in [6.45, 7) is 4.02. The molecule has 0 saturated carbocycles. The second kappa shape index (κ2) is 8.74. The highest BCUT2D eigenvalue weighted by molar-refractivity contribution is 6.02. The molecule has 2 aromatic carbocycles. The van der Waals surface area contributed by atoms with Crippen LogP contribution in [0.15, 0.2) is 66.9 Å². The minimum Gasteiger partial charge on any atom is -0.324 e. The molecule has 0 aliphatic rings. The molecule has 0 fully saturated rings. The van der Waals surface area contributed by atoms with Crippen LogP contribution < -0.4 is 5.73 Å². The number of rotatable bonds is 6. The summed E-state index contributed by atoms with van der Waals surface area (Å²) in [6.07, 6.45) is 2.76. The van der Waals surface area contributed by atoms with Crippen molar-refractivity contribution in [2.75, 3.05) is 6.54 Å². The monoisotopic (exact) mass is 413 g/mol. The molecule has 0 amide bonds. The van der Waals surface area contributed by atoms with E-state index in [2.05, 4.69) is 29.0 Å². The Labute approximate surface area is 181 Å². The minimum absolute atomic E-state index is 0.113. The molecule has 2 heterocycles. The lowest BCUT2D eigenvalue weighted by Crippen LogP contribution is -2.15. The van der Waals surface area contributed by atoms with E-state index < -0.39 is 0 Å². The van der Waals surface area contributed by atoms with Gasteiger partial charge in [0.2, 0.25) is 0 Å². The molecule has 1 atom stereocenters. The van der Waals surface area contributed by atoms with Crippen molar-refractivity contribution in [1.29, 1.82) is 0 Å². The maximum absolute atomic E-state index is 13.4. The van der Waals surface area contributed by atoms with Crippen molar-refractivity contribution in [1.82, 2.24) is 9.97 Å². The molecule has 5 heteroatoms. The van der Waals surface area contributed by atoms with Crippen molar-refractivity contribution >= 4 is 16.7 Å². The number of pyridine rings is 2. The summed E-state index contributed by atoms with van der Waals surface area (Å²) < 4.78 is 13.4. The predicted molar refractivity (Wildman–Crippen MR) is 122 cm³/mol. The molecule has 31 heavy (non-hydrogen) atoms. The second-order valence-electron chi connectivity index (χ2n) is 7.88. The lowest BCUT2D eigenvalue weighted by Gasteiger charge is -2.15. The molecule has 1 unspecified atom stereocenters. The number of fused-ring (bicyclic) bond motifs is 1. The molecule has 2 aromatic heterocycles. The normalized spacial score (nSPS) is 12.1. The van der Waals surface area contributed by atoms with Crippen LogP contribution in [0.5, 0.6) is 0 Å². The van der Waals surface area contributed by atoms with Crippen LogP contribution in [0.1, 0.15) is 40.2 Å². The van der Waals surface area contributed by atoms with Crippen molar-refractivity contribution in [3.8, 4) is 11.1 Å². The van der Waals surface area contributed by atoms with Crippen LogP contribution in [0.3, 0.4) is 0 Å². The van der Waals surface area contributed by atoms with Gasteiger partial charge >= 0.3 is 0 Å². The Bertz CT molecular complexity index is 1230. The maximum Gasteiger partial charge on any atom is 0.194 e.